The zero-order chi connectivity index (χ0) is 20.8. The van der Waals surface area contributed by atoms with Crippen molar-refractivity contribution in [1.82, 2.24) is 14.8 Å². The Labute approximate surface area is 169 Å². The van der Waals surface area contributed by atoms with Crippen molar-refractivity contribution in [3.8, 4) is 23.5 Å². The lowest BCUT2D eigenvalue weighted by atomic mass is 9.98. The third-order valence-electron chi connectivity index (χ3n) is 4.57. The van der Waals surface area contributed by atoms with Gasteiger partial charge in [0.15, 0.2) is 0 Å². The Bertz CT molecular complexity index is 1080. The largest absolute Gasteiger partial charge is 0.478 e. The highest BCUT2D eigenvalue weighted by Gasteiger charge is 2.16. The molecule has 2 aromatic carbocycles. The molecule has 0 radical (unpaired) electrons. The maximum absolute atomic E-state index is 12.0. The number of aromatic nitrogens is 3. The van der Waals surface area contributed by atoms with Crippen LogP contribution in [0.3, 0.4) is 0 Å². The quantitative estimate of drug-likeness (QED) is 0.469. The molecule has 1 N–H and O–H groups in total. The summed E-state index contributed by atoms with van der Waals surface area (Å²) in [4.78, 5) is 27.8. The van der Waals surface area contributed by atoms with Crippen LogP contribution >= 0.6 is 0 Å². The Balaban J connectivity index is 1.87. The summed E-state index contributed by atoms with van der Waals surface area (Å²) in [5.74, 6) is 2.41. The van der Waals surface area contributed by atoms with Gasteiger partial charge in [0, 0.05) is 19.3 Å². The van der Waals surface area contributed by atoms with Crippen LogP contribution in [0, 0.1) is 12.3 Å². The molecular formula is C23H21N3O3. The molecule has 6 nitrogen and oxygen atoms in total. The average Bonchev–Trinajstić information content (AvgIpc) is 3.14. The molecule has 0 atom stereocenters. The first-order valence-corrected chi connectivity index (χ1v) is 9.35. The second kappa shape index (κ2) is 8.98. The van der Waals surface area contributed by atoms with Crippen LogP contribution in [0.1, 0.15) is 52.1 Å². The van der Waals surface area contributed by atoms with E-state index in [1.165, 1.54) is 0 Å². The molecule has 3 rings (SSSR count). The monoisotopic (exact) mass is 387 g/mol. The van der Waals surface area contributed by atoms with Crippen molar-refractivity contribution in [2.24, 2.45) is 0 Å². The number of aromatic carboxylic acids is 1. The van der Waals surface area contributed by atoms with Crippen molar-refractivity contribution in [3.05, 3.63) is 71.3 Å². The molecule has 0 bridgehead atoms. The molecule has 0 aliphatic rings. The van der Waals surface area contributed by atoms with Crippen LogP contribution in [-0.2, 0) is 13.0 Å². The van der Waals surface area contributed by atoms with Gasteiger partial charge < -0.3 is 5.11 Å². The Morgan fingerprint density at radius 1 is 1.14 bits per heavy atom. The number of carboxylic acid groups (broad SMARTS) is 1. The second-order valence-electron chi connectivity index (χ2n) is 6.53. The van der Waals surface area contributed by atoms with Gasteiger partial charge in [-0.05, 0) is 22.8 Å². The van der Waals surface area contributed by atoms with Gasteiger partial charge in [0.1, 0.15) is 5.82 Å². The molecular weight excluding hydrogens is 366 g/mol. The number of hydrogen-bond acceptors (Lipinski definition) is 4. The van der Waals surface area contributed by atoms with E-state index < -0.39 is 5.97 Å². The van der Waals surface area contributed by atoms with E-state index >= 15 is 0 Å². The van der Waals surface area contributed by atoms with E-state index in [4.69, 9.17) is 6.42 Å². The van der Waals surface area contributed by atoms with Crippen LogP contribution in [0.4, 0.5) is 0 Å². The summed E-state index contributed by atoms with van der Waals surface area (Å²) >= 11 is 0. The van der Waals surface area contributed by atoms with Crippen molar-refractivity contribution in [3.63, 3.8) is 0 Å². The number of carbonyl (C=O) groups is 2. The minimum atomic E-state index is -0.959. The Hall–Kier alpha value is -3.72. The van der Waals surface area contributed by atoms with Crippen LogP contribution in [0.15, 0.2) is 48.5 Å². The average molecular weight is 387 g/mol. The van der Waals surface area contributed by atoms with Gasteiger partial charge in [0.05, 0.1) is 12.1 Å². The number of Topliss-reactive ketones (excluding diaryl/α,β-unsaturated/α-hetero) is 1. The Morgan fingerprint density at radius 2 is 1.86 bits per heavy atom. The Kier molecular flexibility index (Phi) is 6.20. The molecule has 146 valence electrons. The van der Waals surface area contributed by atoms with Crippen LogP contribution in [-0.4, -0.2) is 31.6 Å². The SMILES string of the molecule is C#CCCn1nc(C(=O)CC)nc1Cc1ccc(-c2ccccc2C(=O)O)cc1. The van der Waals surface area contributed by atoms with E-state index in [0.29, 0.717) is 37.2 Å². The number of benzene rings is 2. The van der Waals surface area contributed by atoms with E-state index in [9.17, 15) is 14.7 Å². The maximum Gasteiger partial charge on any atom is 0.336 e. The normalized spacial score (nSPS) is 10.5. The summed E-state index contributed by atoms with van der Waals surface area (Å²) in [6, 6.07) is 14.5. The fourth-order valence-electron chi connectivity index (χ4n) is 3.04. The topological polar surface area (TPSA) is 85.1 Å². The summed E-state index contributed by atoms with van der Waals surface area (Å²) in [7, 11) is 0. The van der Waals surface area contributed by atoms with Gasteiger partial charge in [-0.15, -0.1) is 17.4 Å². The van der Waals surface area contributed by atoms with Gasteiger partial charge in [-0.3, -0.25) is 4.79 Å². The summed E-state index contributed by atoms with van der Waals surface area (Å²) in [6.07, 6.45) is 6.70. The Morgan fingerprint density at radius 3 is 2.52 bits per heavy atom. The number of aryl methyl sites for hydroxylation is 1. The number of nitrogens with zero attached hydrogens (tertiary/aromatic N) is 3. The van der Waals surface area contributed by atoms with E-state index in [1.54, 1.807) is 29.8 Å². The van der Waals surface area contributed by atoms with Gasteiger partial charge in [-0.2, -0.15) is 0 Å². The molecule has 0 saturated carbocycles. The van der Waals surface area contributed by atoms with Crippen molar-refractivity contribution in [2.45, 2.75) is 32.7 Å². The first-order valence-electron chi connectivity index (χ1n) is 9.35. The minimum absolute atomic E-state index is 0.105. The lowest BCUT2D eigenvalue weighted by Crippen LogP contribution is -2.07. The van der Waals surface area contributed by atoms with E-state index in [2.05, 4.69) is 16.0 Å². The predicted molar refractivity (Wildman–Crippen MR) is 110 cm³/mol. The molecule has 0 amide bonds. The second-order valence-corrected chi connectivity index (χ2v) is 6.53. The highest BCUT2D eigenvalue weighted by molar-refractivity contribution is 5.96. The molecule has 0 fully saturated rings. The number of carbonyl (C=O) groups excluding carboxylic acids is 1. The maximum atomic E-state index is 12.0. The number of ketones is 1. The molecule has 1 aromatic heterocycles. The van der Waals surface area contributed by atoms with Gasteiger partial charge in [0.2, 0.25) is 11.6 Å². The third-order valence-corrected chi connectivity index (χ3v) is 4.57. The number of terminal acetylenes is 1. The van der Waals surface area contributed by atoms with Crippen molar-refractivity contribution in [2.75, 3.05) is 0 Å². The minimum Gasteiger partial charge on any atom is -0.478 e. The van der Waals surface area contributed by atoms with E-state index in [0.717, 1.165) is 11.1 Å². The summed E-state index contributed by atoms with van der Waals surface area (Å²) in [6.45, 7) is 2.28. The van der Waals surface area contributed by atoms with Gasteiger partial charge in [0.25, 0.3) is 0 Å². The summed E-state index contributed by atoms with van der Waals surface area (Å²) < 4.78 is 1.69. The van der Waals surface area contributed by atoms with Crippen LogP contribution in [0.25, 0.3) is 11.1 Å². The molecule has 0 saturated heterocycles. The summed E-state index contributed by atoms with van der Waals surface area (Å²) in [5, 5.41) is 13.7. The zero-order valence-corrected chi connectivity index (χ0v) is 16.1. The molecule has 3 aromatic rings. The van der Waals surface area contributed by atoms with E-state index in [1.807, 2.05) is 30.3 Å². The van der Waals surface area contributed by atoms with Crippen molar-refractivity contribution >= 4 is 11.8 Å². The smallest absolute Gasteiger partial charge is 0.336 e. The number of hydrogen-bond donors (Lipinski definition) is 1. The fraction of sp³-hybridized carbons (Fsp3) is 0.217. The molecule has 0 aliphatic heterocycles. The molecule has 29 heavy (non-hydrogen) atoms. The van der Waals surface area contributed by atoms with Crippen LogP contribution in [0.5, 0.6) is 0 Å². The van der Waals surface area contributed by atoms with Crippen molar-refractivity contribution < 1.29 is 14.7 Å². The molecule has 1 heterocycles. The first kappa shape index (κ1) is 20.0. The number of rotatable bonds is 8. The lowest BCUT2D eigenvalue weighted by Gasteiger charge is -2.08. The van der Waals surface area contributed by atoms with Crippen LogP contribution in [0.2, 0.25) is 0 Å². The molecule has 0 unspecified atom stereocenters. The zero-order valence-electron chi connectivity index (χ0n) is 16.1. The highest BCUT2D eigenvalue weighted by atomic mass is 16.4. The van der Waals surface area contributed by atoms with Crippen molar-refractivity contribution in [1.29, 1.82) is 0 Å². The lowest BCUT2D eigenvalue weighted by molar-refractivity contribution is 0.0697. The highest BCUT2D eigenvalue weighted by Crippen LogP contribution is 2.24. The summed E-state index contributed by atoms with van der Waals surface area (Å²) in [5.41, 5.74) is 2.73. The third kappa shape index (κ3) is 4.58. The molecule has 0 spiro atoms. The predicted octanol–water partition coefficient (Wildman–Crippen LogP) is 3.85. The first-order chi connectivity index (χ1) is 14.0. The fourth-order valence-corrected chi connectivity index (χ4v) is 3.04. The van der Waals surface area contributed by atoms with Gasteiger partial charge >= 0.3 is 5.97 Å². The standard InChI is InChI=1S/C23H21N3O3/c1-3-5-14-26-21(24-22(25-26)20(27)4-2)15-16-10-12-17(13-11-16)18-8-6-7-9-19(18)23(28)29/h1,6-13H,4-5,14-15H2,2H3,(H,28,29). The van der Waals surface area contributed by atoms with Gasteiger partial charge in [-0.25, -0.2) is 14.5 Å². The number of carboxylic acids is 1. The van der Waals surface area contributed by atoms with Crippen LogP contribution < -0.4 is 0 Å². The molecule has 0 aliphatic carbocycles. The van der Waals surface area contributed by atoms with E-state index in [-0.39, 0.29) is 17.2 Å². The van der Waals surface area contributed by atoms with Gasteiger partial charge in [-0.1, -0.05) is 49.4 Å². The molecule has 6 heteroatoms.